The maximum Gasteiger partial charge on any atom is 0.306 e. The third-order valence-corrected chi connectivity index (χ3v) is 8.06. The van der Waals surface area contributed by atoms with Gasteiger partial charge < -0.3 is 14.6 Å². The Labute approximate surface area is 261 Å². The van der Waals surface area contributed by atoms with Crippen molar-refractivity contribution in [2.45, 2.75) is 200 Å². The molecule has 0 aromatic rings. The maximum absolute atomic E-state index is 12.1. The van der Waals surface area contributed by atoms with Gasteiger partial charge in [-0.3, -0.25) is 9.59 Å². The molecule has 5 heteroatoms. The van der Waals surface area contributed by atoms with Crippen molar-refractivity contribution in [2.75, 3.05) is 13.2 Å². The summed E-state index contributed by atoms with van der Waals surface area (Å²) in [7, 11) is 0. The van der Waals surface area contributed by atoms with Crippen LogP contribution in [0.5, 0.6) is 0 Å². The number of allylic oxidation sites excluding steroid dienone is 2. The summed E-state index contributed by atoms with van der Waals surface area (Å²) in [4.78, 5) is 24.1. The molecule has 0 fully saturated rings. The molecule has 0 rings (SSSR count). The summed E-state index contributed by atoms with van der Waals surface area (Å²) in [6.45, 7) is 4.10. The van der Waals surface area contributed by atoms with Crippen molar-refractivity contribution >= 4 is 11.9 Å². The fraction of sp³-hybridized carbons (Fsp3) is 0.892. The van der Waals surface area contributed by atoms with Gasteiger partial charge in [0.25, 0.3) is 0 Å². The summed E-state index contributed by atoms with van der Waals surface area (Å²) >= 11 is 0. The predicted molar refractivity (Wildman–Crippen MR) is 178 cm³/mol. The summed E-state index contributed by atoms with van der Waals surface area (Å²) in [6, 6.07) is 0. The van der Waals surface area contributed by atoms with Crippen LogP contribution in [-0.2, 0) is 19.1 Å². The number of hydrogen-bond donors (Lipinski definition) is 1. The molecule has 0 radical (unpaired) electrons. The zero-order valence-corrected chi connectivity index (χ0v) is 28.0. The van der Waals surface area contributed by atoms with Crippen LogP contribution in [0.2, 0.25) is 0 Å². The zero-order valence-electron chi connectivity index (χ0n) is 28.0. The van der Waals surface area contributed by atoms with Crippen LogP contribution in [0.15, 0.2) is 12.2 Å². The molecule has 0 aromatic heterocycles. The van der Waals surface area contributed by atoms with Crippen molar-refractivity contribution in [1.29, 1.82) is 0 Å². The second kappa shape index (κ2) is 34.1. The Morgan fingerprint density at radius 1 is 0.524 bits per heavy atom. The molecule has 0 amide bonds. The highest BCUT2D eigenvalue weighted by Gasteiger charge is 2.16. The number of carbonyl (C=O) groups excluding carboxylic acids is 2. The van der Waals surface area contributed by atoms with E-state index in [1.54, 1.807) is 0 Å². The van der Waals surface area contributed by atoms with E-state index in [-0.39, 0.29) is 25.2 Å². The molecular formula is C37H70O5. The van der Waals surface area contributed by atoms with Crippen molar-refractivity contribution in [3.63, 3.8) is 0 Å². The lowest BCUT2D eigenvalue weighted by atomic mass is 10.0. The first-order valence-electron chi connectivity index (χ1n) is 18.2. The van der Waals surface area contributed by atoms with E-state index in [1.165, 1.54) is 122 Å². The van der Waals surface area contributed by atoms with E-state index in [1.807, 2.05) is 0 Å². The highest BCUT2D eigenvalue weighted by Crippen LogP contribution is 2.15. The van der Waals surface area contributed by atoms with Crippen LogP contribution in [0.25, 0.3) is 0 Å². The van der Waals surface area contributed by atoms with Crippen molar-refractivity contribution < 1.29 is 24.2 Å². The molecule has 0 aromatic carbocycles. The first-order chi connectivity index (χ1) is 20.6. The molecule has 0 aliphatic carbocycles. The van der Waals surface area contributed by atoms with Gasteiger partial charge in [-0.1, -0.05) is 161 Å². The van der Waals surface area contributed by atoms with Crippen LogP contribution in [-0.4, -0.2) is 36.4 Å². The third-order valence-electron chi connectivity index (χ3n) is 8.06. The fourth-order valence-corrected chi connectivity index (χ4v) is 5.24. The lowest BCUT2D eigenvalue weighted by molar-refractivity contribution is -0.161. The van der Waals surface area contributed by atoms with E-state index in [0.717, 1.165) is 44.9 Å². The summed E-state index contributed by atoms with van der Waals surface area (Å²) in [5.74, 6) is -0.595. The first-order valence-corrected chi connectivity index (χ1v) is 18.2. The fourth-order valence-electron chi connectivity index (χ4n) is 5.24. The van der Waals surface area contributed by atoms with E-state index in [0.29, 0.717) is 12.8 Å². The minimum Gasteiger partial charge on any atom is -0.462 e. The number of hydrogen-bond acceptors (Lipinski definition) is 5. The van der Waals surface area contributed by atoms with Gasteiger partial charge in [-0.15, -0.1) is 0 Å². The Hall–Kier alpha value is -1.36. The molecular weight excluding hydrogens is 524 g/mol. The average Bonchev–Trinajstić information content (AvgIpc) is 2.99. The van der Waals surface area contributed by atoms with Crippen LogP contribution in [0.1, 0.15) is 194 Å². The van der Waals surface area contributed by atoms with Crippen LogP contribution >= 0.6 is 0 Å². The summed E-state index contributed by atoms with van der Waals surface area (Å²) in [5.41, 5.74) is 0. The number of esters is 2. The van der Waals surface area contributed by atoms with Gasteiger partial charge in [-0.2, -0.15) is 0 Å². The molecule has 1 atom stereocenters. The molecule has 0 heterocycles. The molecule has 0 bridgehead atoms. The molecule has 5 nitrogen and oxygen atoms in total. The molecule has 42 heavy (non-hydrogen) atoms. The Bertz CT molecular complexity index is 603. The lowest BCUT2D eigenvalue weighted by Crippen LogP contribution is -2.28. The molecule has 1 unspecified atom stereocenters. The quantitative estimate of drug-likeness (QED) is 0.0465. The molecule has 1 N–H and O–H groups in total. The van der Waals surface area contributed by atoms with Crippen molar-refractivity contribution in [1.82, 2.24) is 0 Å². The number of aliphatic hydroxyl groups excluding tert-OH is 1. The summed E-state index contributed by atoms with van der Waals surface area (Å²) in [6.07, 6.45) is 37.0. The average molecular weight is 595 g/mol. The summed E-state index contributed by atoms with van der Waals surface area (Å²) in [5, 5.41) is 9.51. The van der Waals surface area contributed by atoms with Crippen LogP contribution in [0, 0.1) is 0 Å². The normalized spacial score (nSPS) is 12.2. The Morgan fingerprint density at radius 3 is 1.36 bits per heavy atom. The topological polar surface area (TPSA) is 72.8 Å². The molecule has 0 aliphatic rings. The second-order valence-electron chi connectivity index (χ2n) is 12.3. The maximum atomic E-state index is 12.1. The van der Waals surface area contributed by atoms with Gasteiger partial charge in [0.05, 0.1) is 6.61 Å². The van der Waals surface area contributed by atoms with Crippen molar-refractivity contribution in [2.24, 2.45) is 0 Å². The number of carbonyl (C=O) groups is 2. The van der Waals surface area contributed by atoms with Crippen molar-refractivity contribution in [3.05, 3.63) is 12.2 Å². The Balaban J connectivity index is 3.51. The van der Waals surface area contributed by atoms with E-state index in [9.17, 15) is 14.7 Å². The van der Waals surface area contributed by atoms with Crippen LogP contribution < -0.4 is 0 Å². The summed E-state index contributed by atoms with van der Waals surface area (Å²) < 4.78 is 10.6. The van der Waals surface area contributed by atoms with Gasteiger partial charge in [0, 0.05) is 12.8 Å². The predicted octanol–water partition coefficient (Wildman–Crippen LogP) is 11.0. The van der Waals surface area contributed by atoms with Crippen LogP contribution in [0.4, 0.5) is 0 Å². The monoisotopic (exact) mass is 595 g/mol. The molecule has 0 saturated carbocycles. The third kappa shape index (κ3) is 31.6. The van der Waals surface area contributed by atoms with E-state index < -0.39 is 6.10 Å². The van der Waals surface area contributed by atoms with Crippen LogP contribution in [0.3, 0.4) is 0 Å². The van der Waals surface area contributed by atoms with E-state index in [4.69, 9.17) is 9.47 Å². The molecule has 0 saturated heterocycles. The number of aliphatic hydroxyl groups is 1. The Kier molecular flexibility index (Phi) is 33.0. The van der Waals surface area contributed by atoms with E-state index in [2.05, 4.69) is 26.0 Å². The van der Waals surface area contributed by atoms with Crippen molar-refractivity contribution in [3.8, 4) is 0 Å². The lowest BCUT2D eigenvalue weighted by Gasteiger charge is -2.15. The van der Waals surface area contributed by atoms with E-state index >= 15 is 0 Å². The minimum absolute atomic E-state index is 0.0637. The molecule has 248 valence electrons. The largest absolute Gasteiger partial charge is 0.462 e. The smallest absolute Gasteiger partial charge is 0.306 e. The van der Waals surface area contributed by atoms with Gasteiger partial charge >= 0.3 is 11.9 Å². The molecule has 0 aliphatic heterocycles. The van der Waals surface area contributed by atoms with Gasteiger partial charge in [0.2, 0.25) is 0 Å². The zero-order chi connectivity index (χ0) is 30.8. The Morgan fingerprint density at radius 2 is 0.905 bits per heavy atom. The first kappa shape index (κ1) is 40.6. The standard InChI is InChI=1S/C37H70O5/c1-3-5-7-9-11-13-15-16-17-18-19-20-22-23-25-27-29-31-36(39)41-34-35(33-38)42-37(40)32-30-28-26-24-21-14-12-10-8-6-4-2/h10,12,35,38H,3-9,11,13-34H2,1-2H3/b12-10-. The highest BCUT2D eigenvalue weighted by atomic mass is 16.6. The number of unbranched alkanes of at least 4 members (excludes halogenated alkanes) is 23. The second-order valence-corrected chi connectivity index (χ2v) is 12.3. The molecule has 0 spiro atoms. The van der Waals surface area contributed by atoms with Gasteiger partial charge in [0.1, 0.15) is 6.61 Å². The van der Waals surface area contributed by atoms with Gasteiger partial charge in [-0.25, -0.2) is 0 Å². The van der Waals surface area contributed by atoms with Gasteiger partial charge in [0.15, 0.2) is 6.10 Å². The highest BCUT2D eigenvalue weighted by molar-refractivity contribution is 5.70. The number of ether oxygens (including phenoxy) is 2. The SMILES string of the molecule is CCCC/C=C\CCCCCCCC(=O)OC(CO)COC(=O)CCCCCCCCCCCCCCCCCCC. The number of rotatable bonds is 33. The van der Waals surface area contributed by atoms with Gasteiger partial charge in [-0.05, 0) is 32.1 Å². The minimum atomic E-state index is -0.767.